The van der Waals surface area contributed by atoms with Gasteiger partial charge in [0.25, 0.3) is 0 Å². The number of hydrogen-bond donors (Lipinski definition) is 1. The van der Waals surface area contributed by atoms with E-state index < -0.39 is 5.60 Å². The van der Waals surface area contributed by atoms with Gasteiger partial charge in [0.15, 0.2) is 0 Å². The number of benzene rings is 1. The van der Waals surface area contributed by atoms with E-state index in [9.17, 15) is 5.11 Å². The summed E-state index contributed by atoms with van der Waals surface area (Å²) in [4.78, 5) is 0. The van der Waals surface area contributed by atoms with Crippen molar-refractivity contribution in [1.82, 2.24) is 9.78 Å². The predicted octanol–water partition coefficient (Wildman–Crippen LogP) is 2.63. The summed E-state index contributed by atoms with van der Waals surface area (Å²) in [7, 11) is 0. The normalized spacial score (nSPS) is 11.8. The average Bonchev–Trinajstić information content (AvgIpc) is 2.64. The van der Waals surface area contributed by atoms with Gasteiger partial charge in [-0.15, -0.1) is 0 Å². The minimum atomic E-state index is -0.740. The van der Waals surface area contributed by atoms with E-state index in [1.54, 1.807) is 18.5 Å². The van der Waals surface area contributed by atoms with Crippen molar-refractivity contribution in [2.24, 2.45) is 0 Å². The fourth-order valence-electron chi connectivity index (χ4n) is 1.74. The Balaban J connectivity index is 2.21. The second-order valence-corrected chi connectivity index (χ2v) is 5.11. The van der Waals surface area contributed by atoms with Crippen molar-refractivity contribution in [2.75, 3.05) is 0 Å². The third-order valence-corrected chi connectivity index (χ3v) is 2.57. The number of aromatic nitrogens is 2. The second kappa shape index (κ2) is 4.34. The molecule has 1 N–H and O–H groups in total. The average molecular weight is 230 g/mol. The third-order valence-electron chi connectivity index (χ3n) is 2.57. The van der Waals surface area contributed by atoms with E-state index in [0.717, 1.165) is 11.1 Å². The van der Waals surface area contributed by atoms with E-state index in [1.165, 1.54) is 5.56 Å². The van der Waals surface area contributed by atoms with E-state index in [4.69, 9.17) is 0 Å². The molecule has 0 fully saturated rings. The highest BCUT2D eigenvalue weighted by Crippen LogP contribution is 2.19. The van der Waals surface area contributed by atoms with Crippen molar-refractivity contribution in [3.63, 3.8) is 0 Å². The molecule has 0 saturated heterocycles. The smallest absolute Gasteiger partial charge is 0.0786 e. The van der Waals surface area contributed by atoms with Gasteiger partial charge in [0.05, 0.1) is 18.3 Å². The monoisotopic (exact) mass is 230 g/mol. The lowest BCUT2D eigenvalue weighted by atomic mass is 10.1. The molecule has 0 spiro atoms. The van der Waals surface area contributed by atoms with E-state index in [2.05, 4.69) is 36.3 Å². The molecular weight excluding hydrogens is 212 g/mol. The van der Waals surface area contributed by atoms with Crippen LogP contribution in [-0.4, -0.2) is 20.5 Å². The Morgan fingerprint density at radius 3 is 2.41 bits per heavy atom. The summed E-state index contributed by atoms with van der Waals surface area (Å²) in [6, 6.07) is 8.34. The number of hydrogen-bond acceptors (Lipinski definition) is 2. The topological polar surface area (TPSA) is 38.0 Å². The van der Waals surface area contributed by atoms with Gasteiger partial charge in [0.2, 0.25) is 0 Å². The highest BCUT2D eigenvalue weighted by atomic mass is 16.3. The summed E-state index contributed by atoms with van der Waals surface area (Å²) in [5.74, 6) is 0. The van der Waals surface area contributed by atoms with Crippen LogP contribution in [0.15, 0.2) is 36.7 Å². The summed E-state index contributed by atoms with van der Waals surface area (Å²) in [6.07, 6.45) is 3.79. The van der Waals surface area contributed by atoms with Crippen LogP contribution in [0.1, 0.15) is 19.4 Å². The summed E-state index contributed by atoms with van der Waals surface area (Å²) < 4.78 is 1.77. The first kappa shape index (κ1) is 11.9. The Morgan fingerprint density at radius 1 is 1.18 bits per heavy atom. The first-order chi connectivity index (χ1) is 7.94. The van der Waals surface area contributed by atoms with Gasteiger partial charge in [0, 0.05) is 11.8 Å². The number of nitrogens with zero attached hydrogens (tertiary/aromatic N) is 2. The largest absolute Gasteiger partial charge is 0.389 e. The Labute approximate surface area is 102 Å². The molecule has 90 valence electrons. The number of aryl methyl sites for hydroxylation is 1. The van der Waals surface area contributed by atoms with Crippen LogP contribution >= 0.6 is 0 Å². The van der Waals surface area contributed by atoms with E-state index >= 15 is 0 Å². The molecule has 17 heavy (non-hydrogen) atoms. The standard InChI is InChI=1S/C14H18N2O/c1-11-4-6-12(7-5-11)13-8-15-16(9-13)10-14(2,3)17/h4-9,17H,10H2,1-3H3. The minimum Gasteiger partial charge on any atom is -0.389 e. The number of aliphatic hydroxyl groups is 1. The molecule has 3 heteroatoms. The molecule has 0 aliphatic carbocycles. The van der Waals surface area contributed by atoms with Crippen LogP contribution in [0.25, 0.3) is 11.1 Å². The maximum absolute atomic E-state index is 9.73. The zero-order valence-electron chi connectivity index (χ0n) is 10.5. The number of rotatable bonds is 3. The maximum Gasteiger partial charge on any atom is 0.0786 e. The summed E-state index contributed by atoms with van der Waals surface area (Å²) in [6.45, 7) is 6.13. The Bertz CT molecular complexity index is 492. The molecule has 3 nitrogen and oxygen atoms in total. The lowest BCUT2D eigenvalue weighted by Gasteiger charge is -2.16. The lowest BCUT2D eigenvalue weighted by molar-refractivity contribution is 0.0577. The molecule has 0 saturated carbocycles. The summed E-state index contributed by atoms with van der Waals surface area (Å²) >= 11 is 0. The van der Waals surface area contributed by atoms with E-state index in [1.807, 2.05) is 12.4 Å². The van der Waals surface area contributed by atoms with Gasteiger partial charge >= 0.3 is 0 Å². The quantitative estimate of drug-likeness (QED) is 0.880. The molecule has 1 heterocycles. The predicted molar refractivity (Wildman–Crippen MR) is 68.7 cm³/mol. The minimum absolute atomic E-state index is 0.499. The molecule has 0 atom stereocenters. The summed E-state index contributed by atoms with van der Waals surface area (Å²) in [5.41, 5.74) is 2.74. The molecule has 0 aliphatic rings. The fraction of sp³-hybridized carbons (Fsp3) is 0.357. The first-order valence-electron chi connectivity index (χ1n) is 5.76. The van der Waals surface area contributed by atoms with Crippen LogP contribution in [0, 0.1) is 6.92 Å². The molecule has 0 amide bonds. The van der Waals surface area contributed by atoms with Crippen LogP contribution < -0.4 is 0 Å². The van der Waals surface area contributed by atoms with Gasteiger partial charge in [-0.1, -0.05) is 29.8 Å². The Morgan fingerprint density at radius 2 is 1.82 bits per heavy atom. The third kappa shape index (κ3) is 3.17. The molecule has 0 radical (unpaired) electrons. The van der Waals surface area contributed by atoms with Crippen LogP contribution in [0.4, 0.5) is 0 Å². The van der Waals surface area contributed by atoms with Crippen molar-refractivity contribution in [2.45, 2.75) is 32.9 Å². The summed E-state index contributed by atoms with van der Waals surface area (Å²) in [5, 5.41) is 14.0. The molecule has 0 unspecified atom stereocenters. The van der Waals surface area contributed by atoms with Crippen LogP contribution in [0.5, 0.6) is 0 Å². The second-order valence-electron chi connectivity index (χ2n) is 5.11. The van der Waals surface area contributed by atoms with Crippen molar-refractivity contribution < 1.29 is 5.11 Å². The molecule has 0 aliphatic heterocycles. The molecule has 2 aromatic rings. The molecule has 1 aromatic carbocycles. The zero-order valence-corrected chi connectivity index (χ0v) is 10.5. The van der Waals surface area contributed by atoms with Gasteiger partial charge < -0.3 is 5.11 Å². The lowest BCUT2D eigenvalue weighted by Crippen LogP contribution is -2.26. The zero-order chi connectivity index (χ0) is 12.5. The SMILES string of the molecule is Cc1ccc(-c2cnn(CC(C)(C)O)c2)cc1. The van der Waals surface area contributed by atoms with Gasteiger partial charge in [-0.3, -0.25) is 4.68 Å². The Kier molecular flexibility index (Phi) is 3.03. The van der Waals surface area contributed by atoms with Crippen molar-refractivity contribution in [3.05, 3.63) is 42.2 Å². The van der Waals surface area contributed by atoms with Crippen molar-refractivity contribution >= 4 is 0 Å². The van der Waals surface area contributed by atoms with Gasteiger partial charge in [-0.2, -0.15) is 5.10 Å². The molecule has 0 bridgehead atoms. The van der Waals surface area contributed by atoms with Crippen molar-refractivity contribution in [1.29, 1.82) is 0 Å². The van der Waals surface area contributed by atoms with Gasteiger partial charge in [0.1, 0.15) is 0 Å². The van der Waals surface area contributed by atoms with Crippen LogP contribution in [-0.2, 0) is 6.54 Å². The van der Waals surface area contributed by atoms with Crippen molar-refractivity contribution in [3.8, 4) is 11.1 Å². The molecule has 2 rings (SSSR count). The highest BCUT2D eigenvalue weighted by Gasteiger charge is 2.14. The van der Waals surface area contributed by atoms with Crippen LogP contribution in [0.2, 0.25) is 0 Å². The Hall–Kier alpha value is -1.61. The van der Waals surface area contributed by atoms with E-state index in [0.29, 0.717) is 6.54 Å². The van der Waals surface area contributed by atoms with Gasteiger partial charge in [-0.05, 0) is 26.3 Å². The fourth-order valence-corrected chi connectivity index (χ4v) is 1.74. The molecule has 1 aromatic heterocycles. The van der Waals surface area contributed by atoms with Crippen LogP contribution in [0.3, 0.4) is 0 Å². The highest BCUT2D eigenvalue weighted by molar-refractivity contribution is 5.61. The first-order valence-corrected chi connectivity index (χ1v) is 5.76. The maximum atomic E-state index is 9.73. The molecular formula is C14H18N2O. The van der Waals surface area contributed by atoms with Gasteiger partial charge in [-0.25, -0.2) is 0 Å². The van der Waals surface area contributed by atoms with E-state index in [-0.39, 0.29) is 0 Å².